The predicted molar refractivity (Wildman–Crippen MR) is 104 cm³/mol. The van der Waals surface area contributed by atoms with Gasteiger partial charge in [0.2, 0.25) is 5.72 Å². The summed E-state index contributed by atoms with van der Waals surface area (Å²) >= 11 is 0. The van der Waals surface area contributed by atoms with E-state index >= 15 is 0 Å². The number of furan rings is 1. The van der Waals surface area contributed by atoms with E-state index in [0.29, 0.717) is 0 Å². The predicted octanol–water partition coefficient (Wildman–Crippen LogP) is 4.33. The maximum Gasteiger partial charge on any atom is 0.437 e. The Hall–Kier alpha value is -3.73. The summed E-state index contributed by atoms with van der Waals surface area (Å²) in [5.41, 5.74) is -4.03. The summed E-state index contributed by atoms with van der Waals surface area (Å²) in [6, 6.07) is 8.22. The number of aliphatic hydroxyl groups is 1. The number of carbonyl (C=O) groups is 2. The van der Waals surface area contributed by atoms with Crippen molar-refractivity contribution in [1.82, 2.24) is 10.6 Å². The molecule has 33 heavy (non-hydrogen) atoms. The monoisotopic (exact) mass is 466 g/mol. The highest BCUT2D eigenvalue weighted by atomic mass is 19.4. The molecule has 1 fully saturated rings. The van der Waals surface area contributed by atoms with Crippen LogP contribution in [0.3, 0.4) is 0 Å². The molecule has 0 aliphatic carbocycles. The molecular weight excluding hydrogens is 451 g/mol. The van der Waals surface area contributed by atoms with Crippen LogP contribution in [-0.4, -0.2) is 28.8 Å². The Morgan fingerprint density at radius 1 is 1.00 bits per heavy atom. The van der Waals surface area contributed by atoms with Crippen LogP contribution < -0.4 is 10.6 Å². The minimum Gasteiger partial charge on any atom is -0.459 e. The third-order valence-electron chi connectivity index (χ3n) is 5.26. The maximum absolute atomic E-state index is 13.9. The van der Waals surface area contributed by atoms with Crippen LogP contribution in [-0.2, 0) is 0 Å². The lowest BCUT2D eigenvalue weighted by Crippen LogP contribution is -2.72. The summed E-state index contributed by atoms with van der Waals surface area (Å²) in [5.74, 6) is -5.11. The highest BCUT2D eigenvalue weighted by molar-refractivity contribution is 6.00. The first kappa shape index (κ1) is 22.5. The van der Waals surface area contributed by atoms with Crippen molar-refractivity contribution in [3.05, 3.63) is 83.6 Å². The van der Waals surface area contributed by atoms with Gasteiger partial charge in [-0.3, -0.25) is 4.79 Å². The van der Waals surface area contributed by atoms with E-state index in [1.807, 2.05) is 0 Å². The second-order valence-electron chi connectivity index (χ2n) is 7.40. The Bertz CT molecular complexity index is 1210. The van der Waals surface area contributed by atoms with E-state index in [1.165, 1.54) is 35.6 Å². The number of nitrogens with one attached hydrogen (secondary N) is 2. The fourth-order valence-corrected chi connectivity index (χ4v) is 3.69. The van der Waals surface area contributed by atoms with E-state index in [0.717, 1.165) is 30.3 Å². The molecule has 2 aromatic carbocycles. The zero-order chi connectivity index (χ0) is 24.0. The van der Waals surface area contributed by atoms with Crippen LogP contribution in [0.2, 0.25) is 0 Å². The van der Waals surface area contributed by atoms with Gasteiger partial charge in [-0.1, -0.05) is 12.1 Å². The van der Waals surface area contributed by atoms with E-state index in [1.54, 1.807) is 0 Å². The second-order valence-corrected chi connectivity index (χ2v) is 7.40. The molecule has 172 valence electrons. The van der Waals surface area contributed by atoms with Crippen molar-refractivity contribution in [1.29, 1.82) is 0 Å². The third-order valence-corrected chi connectivity index (χ3v) is 5.26. The molecule has 3 aromatic rings. The van der Waals surface area contributed by atoms with E-state index < -0.39 is 47.3 Å². The number of Topliss-reactive ketones (excluding diaryl/α,β-unsaturated/α-hetero) is 1. The van der Waals surface area contributed by atoms with Gasteiger partial charge in [0.15, 0.2) is 5.78 Å². The van der Waals surface area contributed by atoms with Gasteiger partial charge >= 0.3 is 12.2 Å². The molecule has 1 aliphatic rings. The van der Waals surface area contributed by atoms with Gasteiger partial charge in [0.1, 0.15) is 35.1 Å². The fourth-order valence-electron chi connectivity index (χ4n) is 3.69. The number of carbonyl (C=O) groups excluding carboxylic acids is 2. The lowest BCUT2D eigenvalue weighted by Gasteiger charge is -2.44. The summed E-state index contributed by atoms with van der Waals surface area (Å²) in [7, 11) is 0. The number of urea groups is 1. The van der Waals surface area contributed by atoms with E-state index in [-0.39, 0.29) is 22.6 Å². The highest BCUT2D eigenvalue weighted by Gasteiger charge is 2.66. The van der Waals surface area contributed by atoms with Crippen LogP contribution in [0, 0.1) is 17.6 Å². The molecule has 11 heteroatoms. The van der Waals surface area contributed by atoms with Crippen LogP contribution in [0.4, 0.5) is 26.7 Å². The molecule has 0 saturated carbocycles. The topological polar surface area (TPSA) is 91.6 Å². The normalized spacial score (nSPS) is 23.0. The zero-order valence-corrected chi connectivity index (χ0v) is 16.5. The van der Waals surface area contributed by atoms with Crippen molar-refractivity contribution in [3.8, 4) is 11.3 Å². The average Bonchev–Trinajstić information content (AvgIpc) is 3.23. The van der Waals surface area contributed by atoms with Crippen molar-refractivity contribution in [3.63, 3.8) is 0 Å². The van der Waals surface area contributed by atoms with Crippen molar-refractivity contribution >= 4 is 11.8 Å². The molecule has 3 atom stereocenters. The first-order valence-electron chi connectivity index (χ1n) is 9.53. The number of hydrogen-bond donors (Lipinski definition) is 3. The Balaban J connectivity index is 1.81. The first-order valence-corrected chi connectivity index (χ1v) is 9.53. The SMILES string of the molecule is O=C1N[C@@H](c2ccc(-c3cccc(F)c3)o2)[C@H](C(=O)c2ccc(F)cc2)[C@](O)(C(F)(F)F)N1. The molecule has 0 unspecified atom stereocenters. The smallest absolute Gasteiger partial charge is 0.437 e. The number of ketones is 1. The number of hydrogen-bond acceptors (Lipinski definition) is 4. The standard InChI is InChI=1S/C22H15F5N2O4/c23-13-6-4-11(5-7-13)19(30)17-18(28-20(31)29-21(17,32)22(25,26)27)16-9-8-15(33-16)12-2-1-3-14(24)10-12/h1-10,17-18,32H,(H2,28,29,31)/t17-,18+,21+/m1/s1. The van der Waals surface area contributed by atoms with Gasteiger partial charge in [-0.15, -0.1) is 0 Å². The van der Waals surface area contributed by atoms with E-state index in [9.17, 15) is 36.6 Å². The summed E-state index contributed by atoms with van der Waals surface area (Å²) < 4.78 is 74.1. The van der Waals surface area contributed by atoms with Crippen molar-refractivity contribution < 1.29 is 41.1 Å². The summed E-state index contributed by atoms with van der Waals surface area (Å²) in [5, 5.41) is 14.1. The quantitative estimate of drug-likeness (QED) is 0.394. The van der Waals surface area contributed by atoms with Gasteiger partial charge in [-0.2, -0.15) is 13.2 Å². The van der Waals surface area contributed by atoms with Crippen LogP contribution in [0.15, 0.2) is 65.1 Å². The van der Waals surface area contributed by atoms with Crippen LogP contribution in [0.25, 0.3) is 11.3 Å². The molecule has 1 aliphatic heterocycles. The Labute approximate surface area is 183 Å². The molecular formula is C22H15F5N2O4. The average molecular weight is 466 g/mol. The summed E-state index contributed by atoms with van der Waals surface area (Å²) in [6.07, 6.45) is -5.46. The van der Waals surface area contributed by atoms with Gasteiger partial charge in [0.05, 0.1) is 0 Å². The molecule has 2 amide bonds. The van der Waals surface area contributed by atoms with Crippen LogP contribution in [0.5, 0.6) is 0 Å². The number of halogens is 5. The second kappa shape index (κ2) is 8.00. The molecule has 6 nitrogen and oxygen atoms in total. The van der Waals surface area contributed by atoms with Gasteiger partial charge in [0, 0.05) is 11.1 Å². The largest absolute Gasteiger partial charge is 0.459 e. The molecule has 1 saturated heterocycles. The van der Waals surface area contributed by atoms with Crippen LogP contribution >= 0.6 is 0 Å². The minimum atomic E-state index is -5.46. The summed E-state index contributed by atoms with van der Waals surface area (Å²) in [4.78, 5) is 25.2. The van der Waals surface area contributed by atoms with Crippen molar-refractivity contribution in [2.75, 3.05) is 0 Å². The lowest BCUT2D eigenvalue weighted by molar-refractivity contribution is -0.288. The first-order chi connectivity index (χ1) is 15.5. The van der Waals surface area contributed by atoms with Crippen molar-refractivity contribution in [2.45, 2.75) is 17.9 Å². The van der Waals surface area contributed by atoms with E-state index in [4.69, 9.17) is 4.42 Å². The van der Waals surface area contributed by atoms with Crippen LogP contribution in [0.1, 0.15) is 22.2 Å². The molecule has 0 spiro atoms. The molecule has 0 radical (unpaired) electrons. The Morgan fingerprint density at radius 3 is 2.33 bits per heavy atom. The highest BCUT2D eigenvalue weighted by Crippen LogP contribution is 2.44. The number of amides is 2. The third kappa shape index (κ3) is 4.07. The van der Waals surface area contributed by atoms with Gasteiger partial charge in [-0.05, 0) is 48.5 Å². The molecule has 3 N–H and O–H groups in total. The fraction of sp³-hybridized carbons (Fsp3) is 0.182. The number of benzene rings is 2. The maximum atomic E-state index is 13.9. The summed E-state index contributed by atoms with van der Waals surface area (Å²) in [6.45, 7) is 0. The van der Waals surface area contributed by atoms with Crippen molar-refractivity contribution in [2.24, 2.45) is 5.92 Å². The Kier molecular flexibility index (Phi) is 5.44. The molecule has 0 bridgehead atoms. The zero-order valence-electron chi connectivity index (χ0n) is 16.5. The van der Waals surface area contributed by atoms with Gasteiger partial charge in [0.25, 0.3) is 0 Å². The minimum absolute atomic E-state index is 0.0563. The molecule has 1 aromatic heterocycles. The number of rotatable bonds is 4. The Morgan fingerprint density at radius 2 is 1.70 bits per heavy atom. The number of alkyl halides is 3. The molecule has 4 rings (SSSR count). The van der Waals surface area contributed by atoms with Gasteiger partial charge < -0.3 is 20.2 Å². The molecule has 2 heterocycles. The lowest BCUT2D eigenvalue weighted by atomic mass is 9.79. The van der Waals surface area contributed by atoms with Gasteiger partial charge in [-0.25, -0.2) is 13.6 Å². The van der Waals surface area contributed by atoms with E-state index in [2.05, 4.69) is 5.32 Å².